The minimum Gasteiger partial charge on any atom is -0.367 e. The second-order valence-corrected chi connectivity index (χ2v) is 14.3. The molecule has 2 fully saturated rings. The van der Waals surface area contributed by atoms with Crippen LogP contribution in [-0.2, 0) is 16.6 Å². The van der Waals surface area contributed by atoms with Crippen molar-refractivity contribution in [2.45, 2.75) is 70.4 Å². The van der Waals surface area contributed by atoms with Gasteiger partial charge >= 0.3 is 0 Å². The molecule has 1 saturated carbocycles. The van der Waals surface area contributed by atoms with Gasteiger partial charge in [0.1, 0.15) is 5.82 Å². The summed E-state index contributed by atoms with van der Waals surface area (Å²) >= 11 is 0. The molecule has 0 radical (unpaired) electrons. The van der Waals surface area contributed by atoms with E-state index < -0.39 is 10.0 Å². The SMILES string of the molecule is C.Cc1ccc(S(=O)(=O)NCC2CCC(CNc3nc(NC4CCN(Cc5ccccc5)CC4)c4ccccc4n3)CC2)cc1. The van der Waals surface area contributed by atoms with Gasteiger partial charge in [0.15, 0.2) is 0 Å². The molecular formula is C36H48N6O2S. The Morgan fingerprint density at radius 1 is 0.778 bits per heavy atom. The van der Waals surface area contributed by atoms with E-state index >= 15 is 0 Å². The minimum absolute atomic E-state index is 0. The van der Waals surface area contributed by atoms with Crippen LogP contribution >= 0.6 is 0 Å². The maximum Gasteiger partial charge on any atom is 0.240 e. The highest BCUT2D eigenvalue weighted by Gasteiger charge is 2.24. The number of para-hydroxylation sites is 1. The van der Waals surface area contributed by atoms with Gasteiger partial charge in [-0.15, -0.1) is 0 Å². The van der Waals surface area contributed by atoms with Gasteiger partial charge in [0.2, 0.25) is 16.0 Å². The standard InChI is InChI=1S/C35H44N6O2S.CH4/c1-26-11-17-31(18-12-26)44(42,43)37-24-28-15-13-27(14-16-28)23-36-35-39-33-10-6-5-9-32(33)34(40-35)38-30-19-21-41(22-20-30)25-29-7-3-2-4-8-29;/h2-12,17-18,27-28,30,37H,13-16,19-25H2,1H3,(H2,36,38,39,40);1H4. The van der Waals surface area contributed by atoms with E-state index in [0.29, 0.717) is 35.3 Å². The van der Waals surface area contributed by atoms with Crippen molar-refractivity contribution in [1.29, 1.82) is 0 Å². The summed E-state index contributed by atoms with van der Waals surface area (Å²) in [5.74, 6) is 2.45. The summed E-state index contributed by atoms with van der Waals surface area (Å²) in [7, 11) is -3.47. The topological polar surface area (TPSA) is 99.2 Å². The van der Waals surface area contributed by atoms with E-state index in [1.54, 1.807) is 12.1 Å². The fraction of sp³-hybridized carbons (Fsp3) is 0.444. The minimum atomic E-state index is -3.47. The number of piperidine rings is 1. The summed E-state index contributed by atoms with van der Waals surface area (Å²) < 4.78 is 28.2. The lowest BCUT2D eigenvalue weighted by Gasteiger charge is -2.33. The normalized spacial score (nSPS) is 19.6. The van der Waals surface area contributed by atoms with Crippen LogP contribution in [0.5, 0.6) is 0 Å². The van der Waals surface area contributed by atoms with Crippen molar-refractivity contribution in [2.75, 3.05) is 36.8 Å². The Kier molecular flexibility index (Phi) is 11.1. The van der Waals surface area contributed by atoms with Crippen molar-refractivity contribution in [3.8, 4) is 0 Å². The van der Waals surface area contributed by atoms with Crippen molar-refractivity contribution in [3.05, 3.63) is 90.0 Å². The quantitative estimate of drug-likeness (QED) is 0.167. The largest absolute Gasteiger partial charge is 0.367 e. The molecular weight excluding hydrogens is 581 g/mol. The first-order valence-electron chi connectivity index (χ1n) is 16.0. The van der Waals surface area contributed by atoms with E-state index in [9.17, 15) is 8.42 Å². The van der Waals surface area contributed by atoms with Gasteiger partial charge in [0.25, 0.3) is 0 Å². The number of fused-ring (bicyclic) bond motifs is 1. The Morgan fingerprint density at radius 3 is 2.13 bits per heavy atom. The molecule has 0 unspecified atom stereocenters. The third-order valence-electron chi connectivity index (χ3n) is 9.19. The molecule has 45 heavy (non-hydrogen) atoms. The molecule has 2 heterocycles. The fourth-order valence-corrected chi connectivity index (χ4v) is 7.56. The van der Waals surface area contributed by atoms with Crippen LogP contribution in [0.2, 0.25) is 0 Å². The predicted octanol–water partition coefficient (Wildman–Crippen LogP) is 6.85. The molecule has 1 aliphatic heterocycles. The molecule has 1 aliphatic carbocycles. The summed E-state index contributed by atoms with van der Waals surface area (Å²) in [5, 5.41) is 8.35. The molecule has 240 valence electrons. The second-order valence-electron chi connectivity index (χ2n) is 12.5. The first kappa shape index (κ1) is 32.9. The maximum absolute atomic E-state index is 12.7. The number of benzene rings is 3. The van der Waals surface area contributed by atoms with Crippen LogP contribution in [0.3, 0.4) is 0 Å². The zero-order valence-electron chi connectivity index (χ0n) is 25.6. The number of hydrogen-bond acceptors (Lipinski definition) is 7. The van der Waals surface area contributed by atoms with E-state index in [0.717, 1.165) is 87.0 Å². The number of nitrogens with one attached hydrogen (secondary N) is 3. The van der Waals surface area contributed by atoms with Gasteiger partial charge in [-0.1, -0.05) is 67.6 Å². The predicted molar refractivity (Wildman–Crippen MR) is 185 cm³/mol. The lowest BCUT2D eigenvalue weighted by atomic mass is 9.82. The number of aromatic nitrogens is 2. The molecule has 0 bridgehead atoms. The van der Waals surface area contributed by atoms with Crippen molar-refractivity contribution < 1.29 is 8.42 Å². The number of aryl methyl sites for hydroxylation is 1. The van der Waals surface area contributed by atoms with E-state index in [-0.39, 0.29) is 7.43 Å². The van der Waals surface area contributed by atoms with Gasteiger partial charge in [-0.05, 0) is 87.1 Å². The van der Waals surface area contributed by atoms with Crippen molar-refractivity contribution in [3.63, 3.8) is 0 Å². The third-order valence-corrected chi connectivity index (χ3v) is 10.6. The summed E-state index contributed by atoms with van der Waals surface area (Å²) in [6.07, 6.45) is 6.30. The number of hydrogen-bond donors (Lipinski definition) is 3. The van der Waals surface area contributed by atoms with Crippen LogP contribution in [-0.4, -0.2) is 55.5 Å². The average Bonchev–Trinajstić information content (AvgIpc) is 3.05. The van der Waals surface area contributed by atoms with Crippen molar-refractivity contribution in [1.82, 2.24) is 19.6 Å². The highest BCUT2D eigenvalue weighted by atomic mass is 32.2. The first-order chi connectivity index (χ1) is 21.4. The highest BCUT2D eigenvalue weighted by Crippen LogP contribution is 2.30. The summed E-state index contributed by atoms with van der Waals surface area (Å²) in [6.45, 7) is 6.40. The van der Waals surface area contributed by atoms with Gasteiger partial charge in [-0.2, -0.15) is 4.98 Å². The zero-order chi connectivity index (χ0) is 30.4. The molecule has 4 aromatic rings. The number of likely N-dealkylation sites (tertiary alicyclic amines) is 1. The molecule has 0 spiro atoms. The third kappa shape index (κ3) is 8.81. The van der Waals surface area contributed by atoms with E-state index in [4.69, 9.17) is 9.97 Å². The Balaban J connectivity index is 0.00000400. The fourth-order valence-electron chi connectivity index (χ4n) is 6.44. The zero-order valence-corrected chi connectivity index (χ0v) is 26.4. The maximum atomic E-state index is 12.7. The van der Waals surface area contributed by atoms with Crippen molar-refractivity contribution >= 4 is 32.7 Å². The summed E-state index contributed by atoms with van der Waals surface area (Å²) in [6, 6.07) is 26.3. The van der Waals surface area contributed by atoms with Gasteiger partial charge in [0, 0.05) is 44.2 Å². The van der Waals surface area contributed by atoms with Gasteiger partial charge in [-0.3, -0.25) is 4.90 Å². The molecule has 6 rings (SSSR count). The van der Waals surface area contributed by atoms with Gasteiger partial charge < -0.3 is 10.6 Å². The van der Waals surface area contributed by atoms with E-state index in [1.807, 2.05) is 31.2 Å². The molecule has 9 heteroatoms. The van der Waals surface area contributed by atoms with Crippen LogP contribution in [0, 0.1) is 18.8 Å². The Morgan fingerprint density at radius 2 is 1.42 bits per heavy atom. The van der Waals surface area contributed by atoms with E-state index in [2.05, 4.69) is 62.7 Å². The molecule has 1 saturated heterocycles. The van der Waals surface area contributed by atoms with Crippen LogP contribution in [0.15, 0.2) is 83.8 Å². The summed E-state index contributed by atoms with van der Waals surface area (Å²) in [5.41, 5.74) is 3.36. The molecule has 3 N–H and O–H groups in total. The van der Waals surface area contributed by atoms with Gasteiger partial charge in [0.05, 0.1) is 10.4 Å². The van der Waals surface area contributed by atoms with Gasteiger partial charge in [-0.25, -0.2) is 18.1 Å². The monoisotopic (exact) mass is 628 g/mol. The Hall–Kier alpha value is -3.53. The molecule has 0 amide bonds. The number of nitrogens with zero attached hydrogens (tertiary/aromatic N) is 3. The Bertz CT molecular complexity index is 1610. The van der Waals surface area contributed by atoms with Crippen LogP contribution < -0.4 is 15.4 Å². The average molecular weight is 629 g/mol. The highest BCUT2D eigenvalue weighted by molar-refractivity contribution is 7.89. The molecule has 3 aromatic carbocycles. The van der Waals surface area contributed by atoms with Crippen LogP contribution in [0.4, 0.5) is 11.8 Å². The second kappa shape index (κ2) is 15.2. The van der Waals surface area contributed by atoms with E-state index in [1.165, 1.54) is 5.56 Å². The number of anilines is 2. The number of rotatable bonds is 11. The molecule has 2 aliphatic rings. The van der Waals surface area contributed by atoms with Crippen LogP contribution in [0.1, 0.15) is 57.1 Å². The van der Waals surface area contributed by atoms with Crippen LogP contribution in [0.25, 0.3) is 10.9 Å². The lowest BCUT2D eigenvalue weighted by Crippen LogP contribution is -2.38. The Labute approximate surface area is 269 Å². The van der Waals surface area contributed by atoms with Crippen molar-refractivity contribution in [2.24, 2.45) is 11.8 Å². The number of sulfonamides is 1. The molecule has 8 nitrogen and oxygen atoms in total. The first-order valence-corrected chi connectivity index (χ1v) is 17.5. The summed E-state index contributed by atoms with van der Waals surface area (Å²) in [4.78, 5) is 12.6. The molecule has 1 aromatic heterocycles. The smallest absolute Gasteiger partial charge is 0.240 e. The molecule has 0 atom stereocenters. The lowest BCUT2D eigenvalue weighted by molar-refractivity contribution is 0.211.